The topological polar surface area (TPSA) is 64.3 Å². The van der Waals surface area contributed by atoms with Crippen LogP contribution in [0.4, 0.5) is 13.2 Å². The van der Waals surface area contributed by atoms with Crippen LogP contribution in [0.3, 0.4) is 0 Å². The highest BCUT2D eigenvalue weighted by Gasteiger charge is 2.38. The Balaban J connectivity index is 2.37. The number of nitrogens with two attached hydrogens (primary N) is 1. The van der Waals surface area contributed by atoms with Gasteiger partial charge in [0.15, 0.2) is 0 Å². The van der Waals surface area contributed by atoms with Gasteiger partial charge in [0.25, 0.3) is 0 Å². The van der Waals surface area contributed by atoms with Gasteiger partial charge in [-0.2, -0.15) is 13.2 Å². The van der Waals surface area contributed by atoms with E-state index in [1.807, 2.05) is 6.07 Å². The second-order valence-electron chi connectivity index (χ2n) is 4.66. The van der Waals surface area contributed by atoms with E-state index in [-0.39, 0.29) is 19.4 Å². The Hall–Kier alpha value is -1.60. The minimum atomic E-state index is -4.36. The molecule has 0 saturated heterocycles. The summed E-state index contributed by atoms with van der Waals surface area (Å²) in [4.78, 5) is 11.6. The minimum Gasteiger partial charge on any atom is -0.460 e. The highest BCUT2D eigenvalue weighted by molar-refractivity contribution is 5.75. The van der Waals surface area contributed by atoms with Gasteiger partial charge in [0, 0.05) is 0 Å². The van der Waals surface area contributed by atoms with Crippen molar-refractivity contribution in [2.45, 2.75) is 37.7 Å². The Morgan fingerprint density at radius 3 is 2.43 bits per heavy atom. The molecule has 0 radical (unpaired) electrons. The fourth-order valence-corrected chi connectivity index (χ4v) is 1.77. The van der Waals surface area contributed by atoms with Crippen LogP contribution in [0.25, 0.3) is 0 Å². The Bertz CT molecular complexity index is 438. The van der Waals surface area contributed by atoms with E-state index < -0.39 is 24.2 Å². The van der Waals surface area contributed by atoms with Crippen molar-refractivity contribution in [1.29, 1.82) is 0 Å². The van der Waals surface area contributed by atoms with Crippen LogP contribution < -0.4 is 11.1 Å². The summed E-state index contributed by atoms with van der Waals surface area (Å²) in [5.41, 5.74) is 6.35. The number of esters is 1. The summed E-state index contributed by atoms with van der Waals surface area (Å²) in [5, 5.41) is 2.16. The molecule has 21 heavy (non-hydrogen) atoms. The quantitative estimate of drug-likeness (QED) is 0.756. The second-order valence-corrected chi connectivity index (χ2v) is 4.66. The lowest BCUT2D eigenvalue weighted by Crippen LogP contribution is -2.42. The zero-order valence-electron chi connectivity index (χ0n) is 11.7. The van der Waals surface area contributed by atoms with Crippen LogP contribution in [-0.2, 0) is 16.1 Å². The van der Waals surface area contributed by atoms with E-state index in [0.717, 1.165) is 5.56 Å². The fourth-order valence-electron chi connectivity index (χ4n) is 1.77. The lowest BCUT2D eigenvalue weighted by molar-refractivity contribution is -0.158. The first-order valence-electron chi connectivity index (χ1n) is 6.54. The van der Waals surface area contributed by atoms with Crippen molar-refractivity contribution < 1.29 is 22.7 Å². The molecule has 7 heteroatoms. The van der Waals surface area contributed by atoms with Crippen LogP contribution in [0.2, 0.25) is 0 Å². The van der Waals surface area contributed by atoms with E-state index in [0.29, 0.717) is 0 Å². The number of ether oxygens (including phenoxy) is 1. The molecule has 0 heterocycles. The van der Waals surface area contributed by atoms with Gasteiger partial charge in [0.1, 0.15) is 18.7 Å². The number of benzene rings is 1. The van der Waals surface area contributed by atoms with Crippen LogP contribution in [0.1, 0.15) is 18.4 Å². The highest BCUT2D eigenvalue weighted by atomic mass is 19.4. The third-order valence-electron chi connectivity index (χ3n) is 3.04. The highest BCUT2D eigenvalue weighted by Crippen LogP contribution is 2.23. The van der Waals surface area contributed by atoms with Crippen LogP contribution in [0.5, 0.6) is 0 Å². The maximum absolute atomic E-state index is 12.5. The van der Waals surface area contributed by atoms with Gasteiger partial charge in [-0.05, 0) is 25.5 Å². The van der Waals surface area contributed by atoms with Crippen molar-refractivity contribution in [3.63, 3.8) is 0 Å². The van der Waals surface area contributed by atoms with E-state index in [1.165, 1.54) is 7.05 Å². The molecule has 1 aromatic carbocycles. The standard InChI is InChI=1S/C14H19F3N2O2/c1-19-12(14(15,16)17)8-7-11(18)13(20)21-9-10-5-3-2-4-6-10/h2-6,11-12,19H,7-9,18H2,1H3/t11-,12-/m1/s1. The first kappa shape index (κ1) is 17.5. The molecule has 1 aromatic rings. The molecule has 1 rings (SSSR count). The van der Waals surface area contributed by atoms with Crippen molar-refractivity contribution in [2.24, 2.45) is 5.73 Å². The molecule has 118 valence electrons. The third-order valence-corrected chi connectivity index (χ3v) is 3.04. The molecular formula is C14H19F3N2O2. The monoisotopic (exact) mass is 304 g/mol. The average Bonchev–Trinajstić information content (AvgIpc) is 2.44. The molecule has 0 spiro atoms. The summed E-state index contributed by atoms with van der Waals surface area (Å²) in [6, 6.07) is 6.23. The number of carbonyl (C=O) groups excluding carboxylic acids is 1. The fraction of sp³-hybridized carbons (Fsp3) is 0.500. The lowest BCUT2D eigenvalue weighted by Gasteiger charge is -2.20. The van der Waals surface area contributed by atoms with Crippen molar-refractivity contribution in [3.8, 4) is 0 Å². The Morgan fingerprint density at radius 2 is 1.90 bits per heavy atom. The van der Waals surface area contributed by atoms with Gasteiger partial charge in [-0.25, -0.2) is 0 Å². The van der Waals surface area contributed by atoms with Gasteiger partial charge in [-0.1, -0.05) is 30.3 Å². The molecular weight excluding hydrogens is 285 g/mol. The molecule has 0 bridgehead atoms. The largest absolute Gasteiger partial charge is 0.460 e. The SMILES string of the molecule is CN[C@H](CC[C@@H](N)C(=O)OCc1ccccc1)C(F)(F)F. The number of hydrogen-bond acceptors (Lipinski definition) is 4. The maximum atomic E-state index is 12.5. The minimum absolute atomic E-state index is 0.0576. The molecule has 4 nitrogen and oxygen atoms in total. The van der Waals surface area contributed by atoms with Crippen molar-refractivity contribution in [2.75, 3.05) is 7.05 Å². The number of halogens is 3. The molecule has 0 amide bonds. The molecule has 0 fully saturated rings. The summed E-state index contributed by atoms with van der Waals surface area (Å²) in [7, 11) is 1.22. The lowest BCUT2D eigenvalue weighted by atomic mass is 10.1. The van der Waals surface area contributed by atoms with Crippen LogP contribution in [0, 0.1) is 0 Å². The summed E-state index contributed by atoms with van der Waals surface area (Å²) in [6.07, 6.45) is -4.73. The van der Waals surface area contributed by atoms with Gasteiger partial charge in [0.05, 0.1) is 0 Å². The third kappa shape index (κ3) is 6.14. The summed E-state index contributed by atoms with van der Waals surface area (Å²) in [6.45, 7) is 0.0576. The number of nitrogens with one attached hydrogen (secondary N) is 1. The summed E-state index contributed by atoms with van der Waals surface area (Å²) >= 11 is 0. The number of alkyl halides is 3. The predicted octanol–water partition coefficient (Wildman–Crippen LogP) is 1.99. The molecule has 0 aliphatic rings. The van der Waals surface area contributed by atoms with E-state index >= 15 is 0 Å². The molecule has 0 aliphatic heterocycles. The molecule has 0 unspecified atom stereocenters. The van der Waals surface area contributed by atoms with E-state index in [9.17, 15) is 18.0 Å². The first-order valence-corrected chi connectivity index (χ1v) is 6.54. The van der Waals surface area contributed by atoms with Crippen LogP contribution >= 0.6 is 0 Å². The average molecular weight is 304 g/mol. The van der Waals surface area contributed by atoms with Gasteiger partial charge >= 0.3 is 12.1 Å². The number of rotatable bonds is 7. The summed E-state index contributed by atoms with van der Waals surface area (Å²) in [5.74, 6) is -0.698. The molecule has 0 aromatic heterocycles. The first-order chi connectivity index (χ1) is 9.84. The summed E-state index contributed by atoms with van der Waals surface area (Å²) < 4.78 is 42.5. The predicted molar refractivity (Wildman–Crippen MR) is 72.4 cm³/mol. The van der Waals surface area contributed by atoms with Crippen molar-refractivity contribution in [1.82, 2.24) is 5.32 Å². The smallest absolute Gasteiger partial charge is 0.403 e. The van der Waals surface area contributed by atoms with Crippen molar-refractivity contribution in [3.05, 3.63) is 35.9 Å². The second kappa shape index (κ2) is 7.99. The molecule has 0 aliphatic carbocycles. The van der Waals surface area contributed by atoms with Gasteiger partial charge < -0.3 is 15.8 Å². The van der Waals surface area contributed by atoms with Gasteiger partial charge in [-0.3, -0.25) is 4.79 Å². The van der Waals surface area contributed by atoms with Crippen LogP contribution in [0.15, 0.2) is 30.3 Å². The normalized spacial score (nSPS) is 14.5. The Kier molecular flexibility index (Phi) is 6.64. The van der Waals surface area contributed by atoms with Crippen molar-refractivity contribution >= 4 is 5.97 Å². The zero-order chi connectivity index (χ0) is 15.9. The Labute approximate surface area is 121 Å². The number of carbonyl (C=O) groups is 1. The Morgan fingerprint density at radius 1 is 1.29 bits per heavy atom. The molecule has 0 saturated carbocycles. The maximum Gasteiger partial charge on any atom is 0.403 e. The van der Waals surface area contributed by atoms with Gasteiger partial charge in [-0.15, -0.1) is 0 Å². The molecule has 3 N–H and O–H groups in total. The zero-order valence-corrected chi connectivity index (χ0v) is 11.7. The van der Waals surface area contributed by atoms with Crippen LogP contribution in [-0.4, -0.2) is 31.3 Å². The van der Waals surface area contributed by atoms with E-state index in [2.05, 4.69) is 5.32 Å². The van der Waals surface area contributed by atoms with E-state index in [4.69, 9.17) is 10.5 Å². The van der Waals surface area contributed by atoms with E-state index in [1.54, 1.807) is 24.3 Å². The van der Waals surface area contributed by atoms with Gasteiger partial charge in [0.2, 0.25) is 0 Å². The number of hydrogen-bond donors (Lipinski definition) is 2. The molecule has 2 atom stereocenters.